The number of hydrogen-bond acceptors (Lipinski definition) is 6. The van der Waals surface area contributed by atoms with E-state index in [1.807, 2.05) is 37.3 Å². The van der Waals surface area contributed by atoms with Gasteiger partial charge in [0.15, 0.2) is 24.2 Å². The van der Waals surface area contributed by atoms with Crippen molar-refractivity contribution < 1.29 is 28.6 Å². The number of nitrogens with one attached hydrogen (secondary N) is 2. The van der Waals surface area contributed by atoms with Crippen LogP contribution in [0, 0.1) is 0 Å². The van der Waals surface area contributed by atoms with E-state index in [0.717, 1.165) is 12.0 Å². The molecule has 3 amide bonds. The Bertz CT molecular complexity index is 841. The summed E-state index contributed by atoms with van der Waals surface area (Å²) in [6.07, 6.45) is -0.322. The van der Waals surface area contributed by atoms with Crippen molar-refractivity contribution in [1.82, 2.24) is 10.6 Å². The Morgan fingerprint density at radius 1 is 0.933 bits per heavy atom. The number of carbonyl (C=O) groups excluding carboxylic acids is 3. The van der Waals surface area contributed by atoms with Crippen LogP contribution >= 0.6 is 0 Å². The predicted octanol–water partition coefficient (Wildman–Crippen LogP) is 2.81. The topological polar surface area (TPSA) is 103 Å². The number of para-hydroxylation sites is 2. The van der Waals surface area contributed by atoms with Gasteiger partial charge in [0.1, 0.15) is 0 Å². The van der Waals surface area contributed by atoms with E-state index in [1.54, 1.807) is 24.3 Å². The number of rotatable bonds is 10. The molecule has 2 N–H and O–H groups in total. The highest BCUT2D eigenvalue weighted by molar-refractivity contribution is 5.97. The van der Waals surface area contributed by atoms with Crippen LogP contribution in [0.4, 0.5) is 4.79 Å². The molecule has 2 aromatic carbocycles. The molecule has 1 atom stereocenters. The molecule has 0 aliphatic carbocycles. The number of amides is 3. The first-order chi connectivity index (χ1) is 14.5. The summed E-state index contributed by atoms with van der Waals surface area (Å²) in [4.78, 5) is 35.9. The summed E-state index contributed by atoms with van der Waals surface area (Å²) in [5, 5.41) is 4.69. The van der Waals surface area contributed by atoms with Crippen LogP contribution in [0.3, 0.4) is 0 Å². The lowest BCUT2D eigenvalue weighted by Gasteiger charge is -2.15. The second-order valence-electron chi connectivity index (χ2n) is 6.37. The first-order valence-electron chi connectivity index (χ1n) is 9.66. The van der Waals surface area contributed by atoms with Gasteiger partial charge in [0, 0.05) is 6.54 Å². The Hall–Kier alpha value is -3.55. The van der Waals surface area contributed by atoms with E-state index >= 15 is 0 Å². The Morgan fingerprint density at radius 2 is 1.57 bits per heavy atom. The van der Waals surface area contributed by atoms with Gasteiger partial charge >= 0.3 is 12.0 Å². The average Bonchev–Trinajstić information content (AvgIpc) is 2.76. The van der Waals surface area contributed by atoms with Gasteiger partial charge < -0.3 is 19.5 Å². The third-order valence-electron chi connectivity index (χ3n) is 3.87. The smallest absolute Gasteiger partial charge is 0.344 e. The molecule has 0 aliphatic rings. The number of imide groups is 1. The molecule has 0 saturated carbocycles. The molecule has 0 spiro atoms. The zero-order valence-corrected chi connectivity index (χ0v) is 17.1. The summed E-state index contributed by atoms with van der Waals surface area (Å²) < 4.78 is 16.0. The lowest BCUT2D eigenvalue weighted by Crippen LogP contribution is -2.44. The van der Waals surface area contributed by atoms with Gasteiger partial charge in [-0.25, -0.2) is 9.59 Å². The lowest BCUT2D eigenvalue weighted by atomic mass is 10.2. The Morgan fingerprint density at radius 3 is 2.23 bits per heavy atom. The maximum atomic E-state index is 12.0. The molecule has 8 nitrogen and oxygen atoms in total. The van der Waals surface area contributed by atoms with Crippen LogP contribution in [0.1, 0.15) is 25.8 Å². The molecule has 0 unspecified atom stereocenters. The van der Waals surface area contributed by atoms with E-state index in [9.17, 15) is 14.4 Å². The molecular weight excluding hydrogens is 388 g/mol. The minimum absolute atomic E-state index is 0.265. The van der Waals surface area contributed by atoms with E-state index in [4.69, 9.17) is 14.2 Å². The normalized spacial score (nSPS) is 11.1. The molecule has 0 saturated heterocycles. The molecule has 0 radical (unpaired) electrons. The summed E-state index contributed by atoms with van der Waals surface area (Å²) in [5.74, 6) is -0.554. The van der Waals surface area contributed by atoms with Gasteiger partial charge in [-0.3, -0.25) is 10.1 Å². The third kappa shape index (κ3) is 7.83. The fourth-order valence-corrected chi connectivity index (χ4v) is 2.36. The summed E-state index contributed by atoms with van der Waals surface area (Å²) in [6, 6.07) is 15.5. The maximum Gasteiger partial charge on any atom is 0.344 e. The number of esters is 1. The van der Waals surface area contributed by atoms with E-state index in [1.165, 1.54) is 6.92 Å². The zero-order chi connectivity index (χ0) is 21.8. The van der Waals surface area contributed by atoms with Crippen LogP contribution in [-0.2, 0) is 20.9 Å². The first-order valence-corrected chi connectivity index (χ1v) is 9.66. The molecule has 0 heterocycles. The largest absolute Gasteiger partial charge is 0.490 e. The second-order valence-corrected chi connectivity index (χ2v) is 6.37. The van der Waals surface area contributed by atoms with Crippen LogP contribution in [0.5, 0.6) is 11.5 Å². The third-order valence-corrected chi connectivity index (χ3v) is 3.87. The molecular formula is C22H26N2O6. The van der Waals surface area contributed by atoms with Crippen molar-refractivity contribution in [1.29, 1.82) is 0 Å². The summed E-state index contributed by atoms with van der Waals surface area (Å²) in [6.45, 7) is 3.74. The molecule has 0 aliphatic heterocycles. The lowest BCUT2D eigenvalue weighted by molar-refractivity contribution is -0.156. The van der Waals surface area contributed by atoms with Gasteiger partial charge in [-0.05, 0) is 31.0 Å². The van der Waals surface area contributed by atoms with Crippen molar-refractivity contribution >= 4 is 17.9 Å². The fourth-order valence-electron chi connectivity index (χ4n) is 2.36. The van der Waals surface area contributed by atoms with Gasteiger partial charge in [-0.15, -0.1) is 0 Å². The van der Waals surface area contributed by atoms with E-state index < -0.39 is 30.6 Å². The molecule has 0 aromatic heterocycles. The summed E-state index contributed by atoms with van der Waals surface area (Å²) >= 11 is 0. The van der Waals surface area contributed by atoms with Crippen LogP contribution in [0.2, 0.25) is 0 Å². The number of ether oxygens (including phenoxy) is 3. The number of benzene rings is 2. The monoisotopic (exact) mass is 414 g/mol. The van der Waals surface area contributed by atoms with Crippen LogP contribution < -0.4 is 20.1 Å². The van der Waals surface area contributed by atoms with Crippen molar-refractivity contribution in [2.45, 2.75) is 32.9 Å². The molecule has 2 rings (SSSR count). The van der Waals surface area contributed by atoms with Crippen LogP contribution in [-0.4, -0.2) is 37.2 Å². The van der Waals surface area contributed by atoms with Crippen molar-refractivity contribution in [3.05, 3.63) is 60.2 Å². The number of hydrogen-bond donors (Lipinski definition) is 2. The second kappa shape index (κ2) is 12.1. The molecule has 8 heteroatoms. The van der Waals surface area contributed by atoms with Crippen molar-refractivity contribution in [3.8, 4) is 11.5 Å². The van der Waals surface area contributed by atoms with E-state index in [-0.39, 0.29) is 6.54 Å². The van der Waals surface area contributed by atoms with Crippen LogP contribution in [0.25, 0.3) is 0 Å². The van der Waals surface area contributed by atoms with Crippen LogP contribution in [0.15, 0.2) is 54.6 Å². The first kappa shape index (κ1) is 22.7. The zero-order valence-electron chi connectivity index (χ0n) is 17.1. The fraction of sp³-hybridized carbons (Fsp3) is 0.318. The molecule has 160 valence electrons. The molecule has 0 bridgehead atoms. The Kier molecular flexibility index (Phi) is 9.18. The highest BCUT2D eigenvalue weighted by Crippen LogP contribution is 2.26. The number of carbonyl (C=O) groups is 3. The Labute approximate surface area is 175 Å². The minimum atomic E-state index is -1.16. The summed E-state index contributed by atoms with van der Waals surface area (Å²) in [5.41, 5.74) is 0.889. The van der Waals surface area contributed by atoms with Gasteiger partial charge in [0.2, 0.25) is 0 Å². The van der Waals surface area contributed by atoms with Gasteiger partial charge in [0.25, 0.3) is 5.91 Å². The molecule has 0 fully saturated rings. The van der Waals surface area contributed by atoms with Gasteiger partial charge in [-0.2, -0.15) is 0 Å². The predicted molar refractivity (Wildman–Crippen MR) is 110 cm³/mol. The Balaban J connectivity index is 1.74. The SMILES string of the molecule is CCCOc1ccccc1OCC(=O)O[C@H](C)C(=O)NC(=O)NCc1ccccc1. The highest BCUT2D eigenvalue weighted by atomic mass is 16.6. The minimum Gasteiger partial charge on any atom is -0.490 e. The summed E-state index contributed by atoms with van der Waals surface area (Å²) in [7, 11) is 0. The standard InChI is InChI=1S/C22H26N2O6/c1-3-13-28-18-11-7-8-12-19(18)29-15-20(25)30-16(2)21(26)24-22(27)23-14-17-9-5-4-6-10-17/h4-12,16H,3,13-15H2,1-2H3,(H2,23,24,26,27)/t16-/m1/s1. The quantitative estimate of drug-likeness (QED) is 0.580. The van der Waals surface area contributed by atoms with E-state index in [0.29, 0.717) is 18.1 Å². The van der Waals surface area contributed by atoms with Gasteiger partial charge in [0.05, 0.1) is 6.61 Å². The van der Waals surface area contributed by atoms with Crippen molar-refractivity contribution in [3.63, 3.8) is 0 Å². The van der Waals surface area contributed by atoms with Crippen molar-refractivity contribution in [2.75, 3.05) is 13.2 Å². The molecule has 30 heavy (non-hydrogen) atoms. The maximum absolute atomic E-state index is 12.0. The number of urea groups is 1. The van der Waals surface area contributed by atoms with Gasteiger partial charge in [-0.1, -0.05) is 49.4 Å². The van der Waals surface area contributed by atoms with Crippen molar-refractivity contribution in [2.24, 2.45) is 0 Å². The van der Waals surface area contributed by atoms with E-state index in [2.05, 4.69) is 10.6 Å². The molecule has 2 aromatic rings. The average molecular weight is 414 g/mol. The highest BCUT2D eigenvalue weighted by Gasteiger charge is 2.20.